The maximum absolute atomic E-state index is 12.2. The molecule has 0 radical (unpaired) electrons. The number of carbonyl (C=O) groups is 1. The summed E-state index contributed by atoms with van der Waals surface area (Å²) < 4.78 is 5.30. The predicted octanol–water partition coefficient (Wildman–Crippen LogP) is 4.73. The van der Waals surface area contributed by atoms with E-state index in [1.165, 1.54) is 7.11 Å². The first kappa shape index (κ1) is 19.1. The lowest BCUT2D eigenvalue weighted by molar-refractivity contribution is -0.131. The van der Waals surface area contributed by atoms with Crippen molar-refractivity contribution < 1.29 is 9.53 Å². The Morgan fingerprint density at radius 1 is 1.21 bits per heavy atom. The summed E-state index contributed by atoms with van der Waals surface area (Å²) in [6, 6.07) is 14.9. The zero-order valence-electron chi connectivity index (χ0n) is 13.3. The Bertz CT molecular complexity index is 667. The van der Waals surface area contributed by atoms with Gasteiger partial charge in [-0.1, -0.05) is 59.6 Å². The fourth-order valence-electron chi connectivity index (χ4n) is 2.18. The number of hydrogen-bond donors (Lipinski definition) is 1. The van der Waals surface area contributed by atoms with Gasteiger partial charge in [0.25, 0.3) is 5.91 Å². The molecule has 1 N–H and O–H groups in total. The third-order valence-electron chi connectivity index (χ3n) is 3.39. The van der Waals surface area contributed by atoms with Gasteiger partial charge in [-0.3, -0.25) is 4.79 Å². The lowest BCUT2D eigenvalue weighted by atomic mass is 10.1. The molecule has 6 heteroatoms. The van der Waals surface area contributed by atoms with E-state index in [2.05, 4.69) is 5.32 Å². The Morgan fingerprint density at radius 2 is 1.96 bits per heavy atom. The zero-order chi connectivity index (χ0) is 17.4. The first-order valence-corrected chi connectivity index (χ1v) is 9.40. The first-order chi connectivity index (χ1) is 11.6. The molecule has 1 atom stereocenters. The lowest BCUT2D eigenvalue weighted by Crippen LogP contribution is -2.32. The van der Waals surface area contributed by atoms with Gasteiger partial charge in [-0.15, -0.1) is 0 Å². The van der Waals surface area contributed by atoms with Crippen LogP contribution in [0.5, 0.6) is 0 Å². The van der Waals surface area contributed by atoms with Crippen LogP contribution in [0.25, 0.3) is 0 Å². The van der Waals surface area contributed by atoms with E-state index >= 15 is 0 Å². The minimum atomic E-state index is -0.582. The normalized spacial score (nSPS) is 12.0. The van der Waals surface area contributed by atoms with Crippen LogP contribution in [0.4, 0.5) is 0 Å². The van der Waals surface area contributed by atoms with Gasteiger partial charge in [-0.25, -0.2) is 0 Å². The van der Waals surface area contributed by atoms with Gasteiger partial charge < -0.3 is 10.1 Å². The SMILES string of the molecule is CO[C@@H](C(=O)NCCSCc1ccc(Cl)cc1Cl)c1ccccc1. The molecule has 0 spiro atoms. The summed E-state index contributed by atoms with van der Waals surface area (Å²) in [7, 11) is 1.54. The van der Waals surface area contributed by atoms with Gasteiger partial charge in [0.05, 0.1) is 0 Å². The molecule has 0 bridgehead atoms. The summed E-state index contributed by atoms with van der Waals surface area (Å²) in [5.74, 6) is 1.43. The molecule has 1 amide bonds. The molecule has 0 unspecified atom stereocenters. The molecule has 0 fully saturated rings. The van der Waals surface area contributed by atoms with E-state index in [0.29, 0.717) is 16.6 Å². The number of rotatable bonds is 8. The Labute approximate surface area is 156 Å². The Balaban J connectivity index is 1.74. The van der Waals surface area contributed by atoms with E-state index < -0.39 is 6.10 Å². The lowest BCUT2D eigenvalue weighted by Gasteiger charge is -2.15. The molecule has 0 aliphatic rings. The second-order valence-corrected chi connectivity index (χ2v) is 7.05. The van der Waals surface area contributed by atoms with Gasteiger partial charge in [0.2, 0.25) is 0 Å². The highest BCUT2D eigenvalue weighted by atomic mass is 35.5. The Morgan fingerprint density at radius 3 is 2.62 bits per heavy atom. The topological polar surface area (TPSA) is 38.3 Å². The largest absolute Gasteiger partial charge is 0.367 e. The van der Waals surface area contributed by atoms with Crippen LogP contribution in [-0.2, 0) is 15.3 Å². The van der Waals surface area contributed by atoms with Crippen molar-refractivity contribution in [2.24, 2.45) is 0 Å². The predicted molar refractivity (Wildman–Crippen MR) is 102 cm³/mol. The van der Waals surface area contributed by atoms with Crippen LogP contribution in [0.15, 0.2) is 48.5 Å². The highest BCUT2D eigenvalue weighted by Gasteiger charge is 2.18. The van der Waals surface area contributed by atoms with Crippen LogP contribution in [-0.4, -0.2) is 25.3 Å². The summed E-state index contributed by atoms with van der Waals surface area (Å²) >= 11 is 13.7. The monoisotopic (exact) mass is 383 g/mol. The second-order valence-electron chi connectivity index (χ2n) is 5.11. The molecule has 0 aliphatic carbocycles. The van der Waals surface area contributed by atoms with E-state index in [1.54, 1.807) is 17.8 Å². The standard InChI is InChI=1S/C18H19Cl2NO2S/c1-23-17(13-5-3-2-4-6-13)18(22)21-9-10-24-12-14-7-8-15(19)11-16(14)20/h2-8,11,17H,9-10,12H2,1H3,(H,21,22)/t17-/m1/s1. The Kier molecular flexibility index (Phi) is 7.92. The van der Waals surface area contributed by atoms with Crippen LogP contribution in [0.3, 0.4) is 0 Å². The van der Waals surface area contributed by atoms with Gasteiger partial charge in [-0.05, 0) is 23.3 Å². The van der Waals surface area contributed by atoms with E-state index in [0.717, 1.165) is 22.6 Å². The second kappa shape index (κ2) is 9.94. The smallest absolute Gasteiger partial charge is 0.253 e. The number of ether oxygens (including phenoxy) is 1. The van der Waals surface area contributed by atoms with Crippen molar-refractivity contribution in [3.63, 3.8) is 0 Å². The molecule has 3 nitrogen and oxygen atoms in total. The maximum atomic E-state index is 12.2. The third kappa shape index (κ3) is 5.71. The number of carbonyl (C=O) groups excluding carboxylic acids is 1. The summed E-state index contributed by atoms with van der Waals surface area (Å²) in [6.45, 7) is 0.571. The molecule has 0 saturated carbocycles. The molecule has 0 heterocycles. The average Bonchev–Trinajstić information content (AvgIpc) is 2.58. The Hall–Kier alpha value is -1.20. The number of amides is 1. The van der Waals surface area contributed by atoms with Gasteiger partial charge in [0.1, 0.15) is 0 Å². The maximum Gasteiger partial charge on any atom is 0.253 e. The van der Waals surface area contributed by atoms with E-state index in [4.69, 9.17) is 27.9 Å². The van der Waals surface area contributed by atoms with Crippen molar-refractivity contribution in [2.45, 2.75) is 11.9 Å². The number of hydrogen-bond acceptors (Lipinski definition) is 3. The zero-order valence-corrected chi connectivity index (χ0v) is 15.6. The van der Waals surface area contributed by atoms with Crippen molar-refractivity contribution in [3.05, 3.63) is 69.7 Å². The van der Waals surface area contributed by atoms with Gasteiger partial charge in [0.15, 0.2) is 6.10 Å². The summed E-state index contributed by atoms with van der Waals surface area (Å²) in [5, 5.41) is 4.20. The van der Waals surface area contributed by atoms with Crippen LogP contribution in [0.1, 0.15) is 17.2 Å². The van der Waals surface area contributed by atoms with Gasteiger partial charge in [0, 0.05) is 35.2 Å². The quantitative estimate of drug-likeness (QED) is 0.669. The van der Waals surface area contributed by atoms with E-state index in [9.17, 15) is 4.79 Å². The van der Waals surface area contributed by atoms with E-state index in [1.807, 2.05) is 42.5 Å². The van der Waals surface area contributed by atoms with Crippen LogP contribution in [0, 0.1) is 0 Å². The number of halogens is 2. The fraction of sp³-hybridized carbons (Fsp3) is 0.278. The molecule has 0 aromatic heterocycles. The number of methoxy groups -OCH3 is 1. The minimum Gasteiger partial charge on any atom is -0.367 e. The van der Waals surface area contributed by atoms with Crippen molar-refractivity contribution in [1.82, 2.24) is 5.32 Å². The molecule has 2 aromatic carbocycles. The van der Waals surface area contributed by atoms with Gasteiger partial charge >= 0.3 is 0 Å². The van der Waals surface area contributed by atoms with Crippen LogP contribution < -0.4 is 5.32 Å². The van der Waals surface area contributed by atoms with Crippen molar-refractivity contribution in [1.29, 1.82) is 0 Å². The molecule has 2 rings (SSSR count). The molecule has 128 valence electrons. The highest BCUT2D eigenvalue weighted by molar-refractivity contribution is 7.98. The summed E-state index contributed by atoms with van der Waals surface area (Å²) in [4.78, 5) is 12.2. The van der Waals surface area contributed by atoms with Gasteiger partial charge in [-0.2, -0.15) is 11.8 Å². The molecule has 0 aliphatic heterocycles. The molecule has 24 heavy (non-hydrogen) atoms. The third-order valence-corrected chi connectivity index (χ3v) is 4.99. The summed E-state index contributed by atoms with van der Waals surface area (Å²) in [5.41, 5.74) is 1.88. The molecule has 0 saturated heterocycles. The van der Waals surface area contributed by atoms with Crippen LogP contribution in [0.2, 0.25) is 10.0 Å². The molecular formula is C18H19Cl2NO2S. The van der Waals surface area contributed by atoms with Crippen molar-refractivity contribution >= 4 is 40.9 Å². The van der Waals surface area contributed by atoms with E-state index in [-0.39, 0.29) is 5.91 Å². The minimum absolute atomic E-state index is 0.131. The number of benzene rings is 2. The van der Waals surface area contributed by atoms with Crippen LogP contribution >= 0.6 is 35.0 Å². The van der Waals surface area contributed by atoms with Crippen molar-refractivity contribution in [3.8, 4) is 0 Å². The summed E-state index contributed by atoms with van der Waals surface area (Å²) in [6.07, 6.45) is -0.582. The number of nitrogens with one attached hydrogen (secondary N) is 1. The molecular weight excluding hydrogens is 365 g/mol. The van der Waals surface area contributed by atoms with Crippen molar-refractivity contribution in [2.75, 3.05) is 19.4 Å². The first-order valence-electron chi connectivity index (χ1n) is 7.49. The highest BCUT2D eigenvalue weighted by Crippen LogP contribution is 2.24. The number of thioether (sulfide) groups is 1. The average molecular weight is 384 g/mol. The molecule has 2 aromatic rings. The fourth-order valence-corrected chi connectivity index (χ4v) is 3.60.